The summed E-state index contributed by atoms with van der Waals surface area (Å²) < 4.78 is 0. The minimum Gasteiger partial charge on any atom is -0.356 e. The Hall–Kier alpha value is -1.90. The minimum absolute atomic E-state index is 0.721. The number of nitrogens with zero attached hydrogens (tertiary/aromatic N) is 2. The van der Waals surface area contributed by atoms with Crippen LogP contribution in [-0.4, -0.2) is 24.4 Å². The molecule has 2 heterocycles. The summed E-state index contributed by atoms with van der Waals surface area (Å²) in [4.78, 5) is 17.7. The first-order chi connectivity index (χ1) is 8.88. The molecule has 2 aromatic rings. The van der Waals surface area contributed by atoms with Crippen molar-refractivity contribution in [2.45, 2.75) is 19.3 Å². The van der Waals surface area contributed by atoms with E-state index in [1.54, 1.807) is 0 Å². The number of carbonyl (C=O) groups excluding carboxylic acids is 1. The smallest absolute Gasteiger partial charge is 0.150 e. The maximum atomic E-state index is 10.8. The fourth-order valence-corrected chi connectivity index (χ4v) is 2.61. The van der Waals surface area contributed by atoms with Gasteiger partial charge >= 0.3 is 0 Å². The quantitative estimate of drug-likeness (QED) is 0.756. The van der Waals surface area contributed by atoms with E-state index in [-0.39, 0.29) is 0 Å². The molecule has 1 fully saturated rings. The molecule has 0 radical (unpaired) electrons. The second kappa shape index (κ2) is 4.77. The number of rotatable bonds is 2. The van der Waals surface area contributed by atoms with Crippen LogP contribution >= 0.6 is 0 Å². The Morgan fingerprint density at radius 1 is 1.11 bits per heavy atom. The summed E-state index contributed by atoms with van der Waals surface area (Å²) in [6, 6.07) is 7.77. The highest BCUT2D eigenvalue weighted by atomic mass is 16.1. The largest absolute Gasteiger partial charge is 0.356 e. The van der Waals surface area contributed by atoms with Crippen molar-refractivity contribution in [1.29, 1.82) is 0 Å². The molecule has 18 heavy (non-hydrogen) atoms. The van der Waals surface area contributed by atoms with Gasteiger partial charge in [0.1, 0.15) is 12.1 Å². The van der Waals surface area contributed by atoms with Gasteiger partial charge in [0.25, 0.3) is 0 Å². The van der Waals surface area contributed by atoms with Crippen molar-refractivity contribution in [3.05, 3.63) is 36.0 Å². The standard InChI is InChI=1S/C15H16N2O/c18-11-12-4-5-14-13(10-12)6-7-16-15(14)17-8-2-1-3-9-17/h4-7,10-11H,1-3,8-9H2. The minimum atomic E-state index is 0.721. The van der Waals surface area contributed by atoms with Crippen LogP contribution in [-0.2, 0) is 0 Å². The van der Waals surface area contributed by atoms with E-state index in [0.29, 0.717) is 0 Å². The van der Waals surface area contributed by atoms with Gasteiger partial charge in [-0.1, -0.05) is 6.07 Å². The van der Waals surface area contributed by atoms with E-state index in [1.165, 1.54) is 19.3 Å². The SMILES string of the molecule is O=Cc1ccc2c(N3CCCCC3)nccc2c1. The lowest BCUT2D eigenvalue weighted by molar-refractivity contribution is 0.112. The molecule has 1 aromatic carbocycles. The highest BCUT2D eigenvalue weighted by Gasteiger charge is 2.14. The van der Waals surface area contributed by atoms with Crippen LogP contribution in [0.3, 0.4) is 0 Å². The molecule has 0 aliphatic carbocycles. The number of anilines is 1. The molecule has 0 amide bonds. The van der Waals surface area contributed by atoms with Crippen LogP contribution in [0.2, 0.25) is 0 Å². The molecule has 1 aliphatic heterocycles. The maximum absolute atomic E-state index is 10.8. The second-order valence-electron chi connectivity index (χ2n) is 4.78. The van der Waals surface area contributed by atoms with Gasteiger partial charge in [0.05, 0.1) is 0 Å². The zero-order chi connectivity index (χ0) is 12.4. The Kier molecular flexibility index (Phi) is 2.97. The first-order valence-corrected chi connectivity index (χ1v) is 6.47. The zero-order valence-corrected chi connectivity index (χ0v) is 10.3. The van der Waals surface area contributed by atoms with Crippen molar-refractivity contribution in [3.8, 4) is 0 Å². The summed E-state index contributed by atoms with van der Waals surface area (Å²) in [5, 5.41) is 2.24. The molecule has 3 heteroatoms. The average molecular weight is 240 g/mol. The number of aromatic nitrogens is 1. The summed E-state index contributed by atoms with van der Waals surface area (Å²) in [5.41, 5.74) is 0.721. The third-order valence-corrected chi connectivity index (χ3v) is 3.56. The normalized spacial score (nSPS) is 15.9. The number of piperidine rings is 1. The van der Waals surface area contributed by atoms with Crippen LogP contribution in [0.25, 0.3) is 10.8 Å². The fraction of sp³-hybridized carbons (Fsp3) is 0.333. The molecule has 3 nitrogen and oxygen atoms in total. The molecule has 0 saturated carbocycles. The molecule has 3 rings (SSSR count). The van der Waals surface area contributed by atoms with E-state index in [0.717, 1.165) is 41.5 Å². The average Bonchev–Trinajstić information content (AvgIpc) is 2.47. The van der Waals surface area contributed by atoms with Gasteiger partial charge in [-0.3, -0.25) is 4.79 Å². The van der Waals surface area contributed by atoms with Gasteiger partial charge in [0.2, 0.25) is 0 Å². The topological polar surface area (TPSA) is 33.2 Å². The molecule has 0 unspecified atom stereocenters. The van der Waals surface area contributed by atoms with Gasteiger partial charge in [0, 0.05) is 30.2 Å². The molecule has 0 bridgehead atoms. The molecule has 0 atom stereocenters. The van der Waals surface area contributed by atoms with Gasteiger partial charge in [0.15, 0.2) is 0 Å². The van der Waals surface area contributed by atoms with Crippen molar-refractivity contribution in [1.82, 2.24) is 4.98 Å². The van der Waals surface area contributed by atoms with E-state index in [2.05, 4.69) is 9.88 Å². The molecular formula is C15H16N2O. The van der Waals surface area contributed by atoms with E-state index >= 15 is 0 Å². The molecule has 0 N–H and O–H groups in total. The van der Waals surface area contributed by atoms with Crippen molar-refractivity contribution < 1.29 is 4.79 Å². The van der Waals surface area contributed by atoms with E-state index in [4.69, 9.17) is 0 Å². The van der Waals surface area contributed by atoms with E-state index < -0.39 is 0 Å². The Bertz CT molecular complexity index is 574. The summed E-state index contributed by atoms with van der Waals surface area (Å²) in [7, 11) is 0. The van der Waals surface area contributed by atoms with Crippen LogP contribution in [0.5, 0.6) is 0 Å². The van der Waals surface area contributed by atoms with Crippen LogP contribution in [0.1, 0.15) is 29.6 Å². The summed E-state index contributed by atoms with van der Waals surface area (Å²) in [6.07, 6.45) is 6.52. The van der Waals surface area contributed by atoms with Crippen LogP contribution < -0.4 is 4.90 Å². The summed E-state index contributed by atoms with van der Waals surface area (Å²) >= 11 is 0. The first kappa shape index (κ1) is 11.2. The Morgan fingerprint density at radius 3 is 2.72 bits per heavy atom. The highest BCUT2D eigenvalue weighted by Crippen LogP contribution is 2.27. The van der Waals surface area contributed by atoms with Crippen LogP contribution in [0.4, 0.5) is 5.82 Å². The maximum Gasteiger partial charge on any atom is 0.150 e. The molecule has 1 aliphatic rings. The van der Waals surface area contributed by atoms with Gasteiger partial charge in [-0.15, -0.1) is 0 Å². The number of carbonyl (C=O) groups is 1. The van der Waals surface area contributed by atoms with Crippen molar-refractivity contribution >= 4 is 22.9 Å². The number of benzene rings is 1. The lowest BCUT2D eigenvalue weighted by Crippen LogP contribution is -2.30. The van der Waals surface area contributed by atoms with Gasteiger partial charge in [-0.25, -0.2) is 4.98 Å². The predicted octanol–water partition coefficient (Wildman–Crippen LogP) is 3.04. The van der Waals surface area contributed by atoms with Crippen LogP contribution in [0.15, 0.2) is 30.5 Å². The fourth-order valence-electron chi connectivity index (χ4n) is 2.61. The molecule has 1 aromatic heterocycles. The van der Waals surface area contributed by atoms with Crippen LogP contribution in [0, 0.1) is 0 Å². The Balaban J connectivity index is 2.08. The highest BCUT2D eigenvalue weighted by molar-refractivity contribution is 5.95. The molecular weight excluding hydrogens is 224 g/mol. The van der Waals surface area contributed by atoms with Crippen molar-refractivity contribution in [2.24, 2.45) is 0 Å². The molecule has 0 spiro atoms. The Labute approximate surface area is 106 Å². The molecule has 1 saturated heterocycles. The third kappa shape index (κ3) is 1.96. The van der Waals surface area contributed by atoms with Gasteiger partial charge < -0.3 is 4.90 Å². The monoisotopic (exact) mass is 240 g/mol. The molecule has 92 valence electrons. The van der Waals surface area contributed by atoms with Crippen molar-refractivity contribution in [2.75, 3.05) is 18.0 Å². The lowest BCUT2D eigenvalue weighted by Gasteiger charge is -2.28. The number of pyridine rings is 1. The van der Waals surface area contributed by atoms with Gasteiger partial charge in [-0.2, -0.15) is 0 Å². The summed E-state index contributed by atoms with van der Waals surface area (Å²) in [5.74, 6) is 1.06. The first-order valence-electron chi connectivity index (χ1n) is 6.47. The second-order valence-corrected chi connectivity index (χ2v) is 4.78. The Morgan fingerprint density at radius 2 is 1.94 bits per heavy atom. The van der Waals surface area contributed by atoms with Gasteiger partial charge in [-0.05, 0) is 42.8 Å². The summed E-state index contributed by atoms with van der Waals surface area (Å²) in [6.45, 7) is 2.17. The van der Waals surface area contributed by atoms with Crippen molar-refractivity contribution in [3.63, 3.8) is 0 Å². The number of hydrogen-bond acceptors (Lipinski definition) is 3. The predicted molar refractivity (Wildman–Crippen MR) is 73.2 cm³/mol. The van der Waals surface area contributed by atoms with E-state index in [1.807, 2.05) is 30.5 Å². The number of aldehydes is 1. The van der Waals surface area contributed by atoms with E-state index in [9.17, 15) is 4.79 Å². The number of fused-ring (bicyclic) bond motifs is 1. The zero-order valence-electron chi connectivity index (χ0n) is 10.3. The number of hydrogen-bond donors (Lipinski definition) is 0. The third-order valence-electron chi connectivity index (χ3n) is 3.56. The lowest BCUT2D eigenvalue weighted by atomic mass is 10.1.